The number of hydrogen-bond acceptors (Lipinski definition) is 3. The van der Waals surface area contributed by atoms with Gasteiger partial charge in [0.15, 0.2) is 4.77 Å². The summed E-state index contributed by atoms with van der Waals surface area (Å²) in [6.07, 6.45) is 1.60. The van der Waals surface area contributed by atoms with Crippen LogP contribution in [-0.4, -0.2) is 41.1 Å². The Bertz CT molecular complexity index is 477. The lowest BCUT2D eigenvalue weighted by Gasteiger charge is -2.12. The number of nitrogens with zero attached hydrogens (tertiary/aromatic N) is 2. The third-order valence-electron chi connectivity index (χ3n) is 1.93. The summed E-state index contributed by atoms with van der Waals surface area (Å²) in [6.45, 7) is 0.979. The van der Waals surface area contributed by atoms with Crippen LogP contribution in [0.15, 0.2) is 17.1 Å². The number of aromatic nitrogens is 2. The molecule has 1 heterocycles. The van der Waals surface area contributed by atoms with Crippen molar-refractivity contribution in [3.8, 4) is 0 Å². The van der Waals surface area contributed by atoms with Crippen molar-refractivity contribution >= 4 is 18.2 Å². The molecule has 0 aliphatic heterocycles. The molecule has 0 unspecified atom stereocenters. The van der Waals surface area contributed by atoms with Crippen molar-refractivity contribution in [1.29, 1.82) is 0 Å². The fourth-order valence-electron chi connectivity index (χ4n) is 1.06. The molecule has 0 fully saturated rings. The van der Waals surface area contributed by atoms with Crippen LogP contribution in [0.25, 0.3) is 0 Å². The van der Waals surface area contributed by atoms with Crippen molar-refractivity contribution in [2.75, 3.05) is 20.6 Å². The number of hydrogen-bond donors (Lipinski definition) is 2. The van der Waals surface area contributed by atoms with Gasteiger partial charge in [0.1, 0.15) is 0 Å². The Morgan fingerprint density at radius 2 is 2.31 bits per heavy atom. The molecule has 0 saturated carbocycles. The van der Waals surface area contributed by atoms with Crippen molar-refractivity contribution < 1.29 is 4.79 Å². The third-order valence-corrected chi connectivity index (χ3v) is 2.27. The number of nitrogens with one attached hydrogen (secondary N) is 2. The Hall–Kier alpha value is -1.63. The Balaban J connectivity index is 2.53. The van der Waals surface area contributed by atoms with Crippen LogP contribution >= 0.6 is 12.2 Å². The van der Waals surface area contributed by atoms with Crippen LogP contribution in [0.5, 0.6) is 0 Å². The maximum absolute atomic E-state index is 11.2. The van der Waals surface area contributed by atoms with E-state index in [1.54, 1.807) is 24.9 Å². The Morgan fingerprint density at radius 3 is 2.88 bits per heavy atom. The van der Waals surface area contributed by atoms with Gasteiger partial charge in [-0.1, -0.05) is 0 Å². The predicted molar refractivity (Wildman–Crippen MR) is 63.0 cm³/mol. The van der Waals surface area contributed by atoms with Crippen LogP contribution < -0.4 is 10.9 Å². The van der Waals surface area contributed by atoms with Gasteiger partial charge in [0, 0.05) is 39.4 Å². The number of aromatic amines is 1. The Morgan fingerprint density at radius 1 is 1.62 bits per heavy atom. The molecule has 0 saturated heterocycles. The highest BCUT2D eigenvalue weighted by atomic mass is 32.1. The van der Waals surface area contributed by atoms with Gasteiger partial charge in [0.2, 0.25) is 0 Å². The molecule has 2 N–H and O–H groups in total. The van der Waals surface area contributed by atoms with E-state index < -0.39 is 0 Å². The van der Waals surface area contributed by atoms with E-state index in [1.165, 1.54) is 11.0 Å². The van der Waals surface area contributed by atoms with Gasteiger partial charge in [-0.25, -0.2) is 4.79 Å². The first-order valence-electron chi connectivity index (χ1n) is 4.75. The highest BCUT2D eigenvalue weighted by Crippen LogP contribution is 1.86. The van der Waals surface area contributed by atoms with Crippen molar-refractivity contribution in [1.82, 2.24) is 19.8 Å². The first kappa shape index (κ1) is 12.4. The quantitative estimate of drug-likeness (QED) is 0.743. The van der Waals surface area contributed by atoms with Gasteiger partial charge in [-0.15, -0.1) is 0 Å². The first-order valence-corrected chi connectivity index (χ1v) is 5.16. The average molecular weight is 242 g/mol. The molecule has 0 atom stereocenters. The van der Waals surface area contributed by atoms with Gasteiger partial charge in [-0.05, 0) is 12.2 Å². The summed E-state index contributed by atoms with van der Waals surface area (Å²) in [5.41, 5.74) is -0.224. The molecule has 7 heteroatoms. The van der Waals surface area contributed by atoms with Gasteiger partial charge in [-0.3, -0.25) is 9.78 Å². The van der Waals surface area contributed by atoms with E-state index in [0.717, 1.165) is 0 Å². The lowest BCUT2D eigenvalue weighted by Crippen LogP contribution is -2.36. The molecule has 1 aromatic heterocycles. The van der Waals surface area contributed by atoms with E-state index in [-0.39, 0.29) is 11.6 Å². The summed E-state index contributed by atoms with van der Waals surface area (Å²) in [4.78, 5) is 26.0. The zero-order chi connectivity index (χ0) is 12.1. The zero-order valence-corrected chi connectivity index (χ0v) is 10.0. The lowest BCUT2D eigenvalue weighted by molar-refractivity contribution is 0.217. The monoisotopic (exact) mass is 242 g/mol. The molecule has 2 amide bonds. The SMILES string of the molecule is CN(C)C(=O)NCCn1ccc(=O)[nH]c1=S. The van der Waals surface area contributed by atoms with E-state index in [9.17, 15) is 9.59 Å². The van der Waals surface area contributed by atoms with Crippen molar-refractivity contribution in [2.45, 2.75) is 6.54 Å². The summed E-state index contributed by atoms with van der Waals surface area (Å²) in [7, 11) is 3.34. The number of urea groups is 1. The minimum Gasteiger partial charge on any atom is -0.336 e. The van der Waals surface area contributed by atoms with Crippen LogP contribution in [0.2, 0.25) is 0 Å². The maximum atomic E-state index is 11.2. The molecule has 0 aliphatic rings. The van der Waals surface area contributed by atoms with Crippen molar-refractivity contribution in [3.05, 3.63) is 27.4 Å². The molecule has 16 heavy (non-hydrogen) atoms. The van der Waals surface area contributed by atoms with Crippen molar-refractivity contribution in [2.24, 2.45) is 0 Å². The largest absolute Gasteiger partial charge is 0.336 e. The second-order valence-corrected chi connectivity index (χ2v) is 3.82. The van der Waals surface area contributed by atoms with Gasteiger partial charge in [0.05, 0.1) is 0 Å². The second-order valence-electron chi connectivity index (χ2n) is 3.43. The van der Waals surface area contributed by atoms with E-state index in [2.05, 4.69) is 10.3 Å². The molecule has 1 aromatic rings. The molecule has 1 rings (SSSR count). The molecule has 0 aromatic carbocycles. The fourth-order valence-corrected chi connectivity index (χ4v) is 1.31. The second kappa shape index (κ2) is 5.45. The normalized spacial score (nSPS) is 9.88. The summed E-state index contributed by atoms with van der Waals surface area (Å²) in [6, 6.07) is 1.24. The van der Waals surface area contributed by atoms with Crippen LogP contribution in [-0.2, 0) is 6.54 Å². The molecule has 88 valence electrons. The molecular formula is C9H14N4O2S. The van der Waals surface area contributed by atoms with Crippen LogP contribution in [0.1, 0.15) is 0 Å². The highest BCUT2D eigenvalue weighted by molar-refractivity contribution is 7.71. The van der Waals surface area contributed by atoms with E-state index in [1.807, 2.05) is 0 Å². The third kappa shape index (κ3) is 3.50. The highest BCUT2D eigenvalue weighted by Gasteiger charge is 2.01. The lowest BCUT2D eigenvalue weighted by atomic mass is 10.5. The van der Waals surface area contributed by atoms with Crippen molar-refractivity contribution in [3.63, 3.8) is 0 Å². The standard InChI is InChI=1S/C9H14N4O2S/c1-12(2)8(15)10-4-6-13-5-3-7(14)11-9(13)16/h3,5H,4,6H2,1-2H3,(H,10,15)(H,11,14,16). The molecule has 0 spiro atoms. The van der Waals surface area contributed by atoms with Crippen LogP contribution in [0.4, 0.5) is 4.79 Å². The van der Waals surface area contributed by atoms with Gasteiger partial charge < -0.3 is 14.8 Å². The molecule has 6 nitrogen and oxygen atoms in total. The summed E-state index contributed by atoms with van der Waals surface area (Å²) in [5, 5.41) is 2.70. The van der Waals surface area contributed by atoms with Crippen LogP contribution in [0.3, 0.4) is 0 Å². The summed E-state index contributed by atoms with van der Waals surface area (Å²) >= 11 is 4.95. The Labute approximate surface area is 97.9 Å². The molecular weight excluding hydrogens is 228 g/mol. The van der Waals surface area contributed by atoms with Crippen LogP contribution in [0, 0.1) is 4.77 Å². The average Bonchev–Trinajstić information content (AvgIpc) is 2.20. The number of H-pyrrole nitrogens is 1. The predicted octanol–water partition coefficient (Wildman–Crippen LogP) is 0.177. The van der Waals surface area contributed by atoms with Gasteiger partial charge >= 0.3 is 6.03 Å². The van der Waals surface area contributed by atoms with E-state index in [4.69, 9.17) is 12.2 Å². The van der Waals surface area contributed by atoms with Gasteiger partial charge in [-0.2, -0.15) is 0 Å². The topological polar surface area (TPSA) is 70.1 Å². The minimum atomic E-state index is -0.224. The number of amides is 2. The number of carbonyl (C=O) groups excluding carboxylic acids is 1. The smallest absolute Gasteiger partial charge is 0.316 e. The zero-order valence-electron chi connectivity index (χ0n) is 9.19. The van der Waals surface area contributed by atoms with E-state index >= 15 is 0 Å². The summed E-state index contributed by atoms with van der Waals surface area (Å²) in [5.74, 6) is 0. The molecule has 0 aliphatic carbocycles. The summed E-state index contributed by atoms with van der Waals surface area (Å²) < 4.78 is 2.04. The van der Waals surface area contributed by atoms with E-state index in [0.29, 0.717) is 17.9 Å². The first-order chi connectivity index (χ1) is 7.50. The molecule has 0 bridgehead atoms. The number of rotatable bonds is 3. The fraction of sp³-hybridized carbons (Fsp3) is 0.444. The molecule has 0 radical (unpaired) electrons. The maximum Gasteiger partial charge on any atom is 0.316 e. The number of carbonyl (C=O) groups is 1. The Kier molecular flexibility index (Phi) is 4.24. The minimum absolute atomic E-state index is 0.157. The van der Waals surface area contributed by atoms with Gasteiger partial charge in [0.25, 0.3) is 5.56 Å².